The second-order valence-electron chi connectivity index (χ2n) is 5.77. The number of nitrogens with zero attached hydrogens (tertiary/aromatic N) is 3. The van der Waals surface area contributed by atoms with Crippen LogP contribution in [0.2, 0.25) is 0 Å². The van der Waals surface area contributed by atoms with Gasteiger partial charge in [0, 0.05) is 12.1 Å². The minimum Gasteiger partial charge on any atom is -0.492 e. The summed E-state index contributed by atoms with van der Waals surface area (Å²) >= 11 is 0. The van der Waals surface area contributed by atoms with E-state index in [2.05, 4.69) is 22.0 Å². The van der Waals surface area contributed by atoms with Gasteiger partial charge in [-0.25, -0.2) is 0 Å². The van der Waals surface area contributed by atoms with Gasteiger partial charge in [-0.3, -0.25) is 4.90 Å². The van der Waals surface area contributed by atoms with E-state index < -0.39 is 0 Å². The second-order valence-corrected chi connectivity index (χ2v) is 5.77. The first-order chi connectivity index (χ1) is 11.7. The highest BCUT2D eigenvalue weighted by molar-refractivity contribution is 5.51. The van der Waals surface area contributed by atoms with E-state index in [1.165, 1.54) is 5.56 Å². The average molecular weight is 323 g/mol. The number of rotatable bonds is 7. The van der Waals surface area contributed by atoms with Crippen molar-refractivity contribution in [2.75, 3.05) is 20.2 Å². The summed E-state index contributed by atoms with van der Waals surface area (Å²) in [6.07, 6.45) is 0. The Hall–Kier alpha value is -2.66. The highest BCUT2D eigenvalue weighted by Gasteiger charge is 2.10. The van der Waals surface area contributed by atoms with E-state index in [1.54, 1.807) is 0 Å². The summed E-state index contributed by atoms with van der Waals surface area (Å²) in [6, 6.07) is 17.8. The fourth-order valence-electron chi connectivity index (χ4n) is 2.28. The van der Waals surface area contributed by atoms with Crippen molar-refractivity contribution in [2.45, 2.75) is 13.5 Å². The van der Waals surface area contributed by atoms with E-state index >= 15 is 0 Å². The summed E-state index contributed by atoms with van der Waals surface area (Å²) in [5.74, 6) is 2.04. The Morgan fingerprint density at radius 2 is 1.75 bits per heavy atom. The molecule has 0 radical (unpaired) electrons. The second kappa shape index (κ2) is 7.75. The molecule has 0 aliphatic carbocycles. The minimum atomic E-state index is 0.551. The Morgan fingerprint density at radius 3 is 2.50 bits per heavy atom. The van der Waals surface area contributed by atoms with Gasteiger partial charge in [-0.05, 0) is 38.2 Å². The molecule has 0 fully saturated rings. The first-order valence-electron chi connectivity index (χ1n) is 7.96. The number of ether oxygens (including phenoxy) is 1. The van der Waals surface area contributed by atoms with Gasteiger partial charge in [0.2, 0.25) is 11.8 Å². The maximum atomic E-state index is 5.74. The van der Waals surface area contributed by atoms with Crippen LogP contribution < -0.4 is 4.74 Å². The van der Waals surface area contributed by atoms with E-state index in [0.717, 1.165) is 17.9 Å². The topological polar surface area (TPSA) is 51.4 Å². The molecule has 24 heavy (non-hydrogen) atoms. The molecule has 5 nitrogen and oxygen atoms in total. The third-order valence-electron chi connectivity index (χ3n) is 3.66. The Bertz CT molecular complexity index is 754. The van der Waals surface area contributed by atoms with Crippen LogP contribution in [0.4, 0.5) is 0 Å². The predicted molar refractivity (Wildman–Crippen MR) is 92.7 cm³/mol. The zero-order chi connectivity index (χ0) is 16.8. The quantitative estimate of drug-likeness (QED) is 0.665. The molecule has 0 atom stereocenters. The molecule has 0 N–H and O–H groups in total. The third-order valence-corrected chi connectivity index (χ3v) is 3.66. The van der Waals surface area contributed by atoms with Crippen molar-refractivity contribution in [1.29, 1.82) is 0 Å². The molecule has 3 aromatic rings. The van der Waals surface area contributed by atoms with Crippen LogP contribution in [-0.4, -0.2) is 35.3 Å². The Labute approximate surface area is 141 Å². The molecule has 1 aromatic heterocycles. The van der Waals surface area contributed by atoms with Gasteiger partial charge in [-0.1, -0.05) is 35.9 Å². The molecule has 0 aliphatic heterocycles. The highest BCUT2D eigenvalue weighted by Crippen LogP contribution is 2.17. The molecule has 0 saturated heterocycles. The van der Waals surface area contributed by atoms with Crippen LogP contribution >= 0.6 is 0 Å². The summed E-state index contributed by atoms with van der Waals surface area (Å²) in [5, 5.41) is 8.21. The van der Waals surface area contributed by atoms with Crippen molar-refractivity contribution in [1.82, 2.24) is 15.1 Å². The lowest BCUT2D eigenvalue weighted by Crippen LogP contribution is -2.24. The van der Waals surface area contributed by atoms with Crippen molar-refractivity contribution >= 4 is 0 Å². The summed E-state index contributed by atoms with van der Waals surface area (Å²) in [5.41, 5.74) is 2.16. The molecule has 1 heterocycles. The lowest BCUT2D eigenvalue weighted by molar-refractivity contribution is 0.220. The first kappa shape index (κ1) is 16.2. The van der Waals surface area contributed by atoms with Crippen LogP contribution in [-0.2, 0) is 6.54 Å². The van der Waals surface area contributed by atoms with Gasteiger partial charge in [-0.15, -0.1) is 10.2 Å². The van der Waals surface area contributed by atoms with E-state index in [4.69, 9.17) is 9.15 Å². The molecular weight excluding hydrogens is 302 g/mol. The number of aryl methyl sites for hydroxylation is 1. The average Bonchev–Trinajstić information content (AvgIpc) is 3.06. The van der Waals surface area contributed by atoms with Crippen molar-refractivity contribution in [3.63, 3.8) is 0 Å². The van der Waals surface area contributed by atoms with Crippen LogP contribution in [0.1, 0.15) is 11.5 Å². The molecule has 5 heteroatoms. The molecular formula is C19H21N3O2. The van der Waals surface area contributed by atoms with Crippen molar-refractivity contribution in [2.24, 2.45) is 0 Å². The van der Waals surface area contributed by atoms with Crippen LogP contribution in [0.5, 0.6) is 5.75 Å². The highest BCUT2D eigenvalue weighted by atomic mass is 16.5. The molecule has 124 valence electrons. The molecule has 0 saturated carbocycles. The summed E-state index contributed by atoms with van der Waals surface area (Å²) in [7, 11) is 2.00. The minimum absolute atomic E-state index is 0.551. The number of benzene rings is 2. The van der Waals surface area contributed by atoms with Crippen molar-refractivity contribution < 1.29 is 9.15 Å². The van der Waals surface area contributed by atoms with Crippen molar-refractivity contribution in [3.8, 4) is 17.2 Å². The maximum Gasteiger partial charge on any atom is 0.247 e. The van der Waals surface area contributed by atoms with Crippen molar-refractivity contribution in [3.05, 3.63) is 66.1 Å². The van der Waals surface area contributed by atoms with E-state index in [1.807, 2.05) is 61.6 Å². The first-order valence-corrected chi connectivity index (χ1v) is 7.96. The van der Waals surface area contributed by atoms with Gasteiger partial charge >= 0.3 is 0 Å². The van der Waals surface area contributed by atoms with Crippen LogP contribution in [0.25, 0.3) is 11.5 Å². The molecule has 0 aliphatic rings. The summed E-state index contributed by atoms with van der Waals surface area (Å²) in [6.45, 7) is 4.04. The number of hydrogen-bond donors (Lipinski definition) is 0. The van der Waals surface area contributed by atoms with E-state index in [0.29, 0.717) is 24.9 Å². The Morgan fingerprint density at radius 1 is 1.00 bits per heavy atom. The largest absolute Gasteiger partial charge is 0.492 e. The zero-order valence-electron chi connectivity index (χ0n) is 14.0. The lowest BCUT2D eigenvalue weighted by Gasteiger charge is -2.14. The normalized spacial score (nSPS) is 11.0. The van der Waals surface area contributed by atoms with Crippen LogP contribution in [0.3, 0.4) is 0 Å². The zero-order valence-corrected chi connectivity index (χ0v) is 14.0. The van der Waals surface area contributed by atoms with Gasteiger partial charge < -0.3 is 9.15 Å². The monoisotopic (exact) mass is 323 g/mol. The maximum absolute atomic E-state index is 5.74. The van der Waals surface area contributed by atoms with E-state index in [-0.39, 0.29) is 0 Å². The number of hydrogen-bond acceptors (Lipinski definition) is 5. The van der Waals surface area contributed by atoms with E-state index in [9.17, 15) is 0 Å². The number of aromatic nitrogens is 2. The standard InChI is InChI=1S/C19H21N3O2/c1-15-8-10-17(11-9-15)23-13-12-22(2)14-18-20-21-19(24-18)16-6-4-3-5-7-16/h3-11H,12-14H2,1-2H3. The lowest BCUT2D eigenvalue weighted by atomic mass is 10.2. The smallest absolute Gasteiger partial charge is 0.247 e. The Kier molecular flexibility index (Phi) is 5.23. The molecule has 0 spiro atoms. The summed E-state index contributed by atoms with van der Waals surface area (Å²) < 4.78 is 11.4. The third kappa shape index (κ3) is 4.43. The Balaban J connectivity index is 1.47. The SMILES string of the molecule is Cc1ccc(OCCN(C)Cc2nnc(-c3ccccc3)o2)cc1. The van der Waals surface area contributed by atoms with Gasteiger partial charge in [0.25, 0.3) is 0 Å². The van der Waals surface area contributed by atoms with Gasteiger partial charge in [0.15, 0.2) is 0 Å². The van der Waals surface area contributed by atoms with Gasteiger partial charge in [0.1, 0.15) is 12.4 Å². The fraction of sp³-hybridized carbons (Fsp3) is 0.263. The number of likely N-dealkylation sites (N-methyl/N-ethyl adjacent to an activating group) is 1. The molecule has 0 unspecified atom stereocenters. The predicted octanol–water partition coefficient (Wildman–Crippen LogP) is 3.56. The van der Waals surface area contributed by atoms with Crippen LogP contribution in [0.15, 0.2) is 59.0 Å². The van der Waals surface area contributed by atoms with Crippen LogP contribution in [0, 0.1) is 6.92 Å². The molecule has 2 aromatic carbocycles. The van der Waals surface area contributed by atoms with Gasteiger partial charge in [0.05, 0.1) is 6.54 Å². The fourth-order valence-corrected chi connectivity index (χ4v) is 2.28. The molecule has 0 bridgehead atoms. The summed E-state index contributed by atoms with van der Waals surface area (Å²) in [4.78, 5) is 2.09. The molecule has 0 amide bonds. The molecule has 3 rings (SSSR count). The van der Waals surface area contributed by atoms with Gasteiger partial charge in [-0.2, -0.15) is 0 Å².